The van der Waals surface area contributed by atoms with Crippen LogP contribution in [0.3, 0.4) is 0 Å². The summed E-state index contributed by atoms with van der Waals surface area (Å²) in [5.41, 5.74) is 6.37. The molecule has 0 aromatic rings. The van der Waals surface area contributed by atoms with Crippen LogP contribution in [-0.4, -0.2) is 0 Å². The van der Waals surface area contributed by atoms with Crippen LogP contribution in [0.5, 0.6) is 0 Å². The van der Waals surface area contributed by atoms with Crippen molar-refractivity contribution in [3.8, 4) is 0 Å². The third-order valence-corrected chi connectivity index (χ3v) is 1.10. The summed E-state index contributed by atoms with van der Waals surface area (Å²) in [6, 6.07) is 0. The Morgan fingerprint density at radius 2 is 2.22 bits per heavy atom. The molecule has 0 aromatic heterocycles. The van der Waals surface area contributed by atoms with Crippen LogP contribution in [0.4, 0.5) is 0 Å². The first-order chi connectivity index (χ1) is 4.31. The van der Waals surface area contributed by atoms with Gasteiger partial charge in [0.2, 0.25) is 0 Å². The van der Waals surface area contributed by atoms with Gasteiger partial charge in [0.25, 0.3) is 0 Å². The van der Waals surface area contributed by atoms with Gasteiger partial charge < -0.3 is 5.73 Å². The van der Waals surface area contributed by atoms with Crippen LogP contribution in [0.15, 0.2) is 23.9 Å². The Balaban J connectivity index is 3.45. The highest BCUT2D eigenvalue weighted by Crippen LogP contribution is 1.94. The van der Waals surface area contributed by atoms with Gasteiger partial charge in [0.05, 0.1) is 0 Å². The molecular formula is C8H15N. The molecule has 1 nitrogen and oxygen atoms in total. The Labute approximate surface area is 57.3 Å². The fourth-order valence-corrected chi connectivity index (χ4v) is 0.491. The van der Waals surface area contributed by atoms with Crippen molar-refractivity contribution < 1.29 is 0 Å². The van der Waals surface area contributed by atoms with Gasteiger partial charge in [-0.15, -0.1) is 0 Å². The normalized spacial score (nSPS) is 12.9. The molecule has 0 aromatic carbocycles. The molecule has 0 saturated carbocycles. The van der Waals surface area contributed by atoms with E-state index in [1.165, 1.54) is 6.42 Å². The van der Waals surface area contributed by atoms with Gasteiger partial charge in [-0.25, -0.2) is 0 Å². The van der Waals surface area contributed by atoms with Gasteiger partial charge in [-0.1, -0.05) is 25.5 Å². The molecule has 0 amide bonds. The maximum absolute atomic E-state index is 5.24. The fraction of sp³-hybridized carbons (Fsp3) is 0.500. The van der Waals surface area contributed by atoms with Gasteiger partial charge in [-0.05, 0) is 25.1 Å². The van der Waals surface area contributed by atoms with Gasteiger partial charge >= 0.3 is 0 Å². The molecule has 0 unspecified atom stereocenters. The van der Waals surface area contributed by atoms with Crippen molar-refractivity contribution >= 4 is 0 Å². The Bertz CT molecular complexity index is 112. The van der Waals surface area contributed by atoms with E-state index in [4.69, 9.17) is 5.73 Å². The molecule has 0 atom stereocenters. The van der Waals surface area contributed by atoms with E-state index in [9.17, 15) is 0 Å². The minimum Gasteiger partial charge on any atom is -0.404 e. The SMILES string of the molecule is CCC/C=C/C(C)=C/N. The molecule has 0 aliphatic rings. The summed E-state index contributed by atoms with van der Waals surface area (Å²) in [7, 11) is 0. The molecule has 2 N–H and O–H groups in total. The van der Waals surface area contributed by atoms with Gasteiger partial charge in [0.1, 0.15) is 0 Å². The minimum absolute atomic E-state index is 1.13. The van der Waals surface area contributed by atoms with E-state index in [1.54, 1.807) is 6.20 Å². The molecule has 52 valence electrons. The van der Waals surface area contributed by atoms with E-state index in [2.05, 4.69) is 13.0 Å². The van der Waals surface area contributed by atoms with Crippen LogP contribution in [0, 0.1) is 0 Å². The molecule has 0 radical (unpaired) electrons. The number of nitrogens with two attached hydrogens (primary N) is 1. The molecule has 0 bridgehead atoms. The van der Waals surface area contributed by atoms with Crippen molar-refractivity contribution in [2.75, 3.05) is 0 Å². The molecule has 0 aliphatic carbocycles. The molecular weight excluding hydrogens is 110 g/mol. The number of hydrogen-bond donors (Lipinski definition) is 1. The Hall–Kier alpha value is -0.720. The third kappa shape index (κ3) is 5.15. The Morgan fingerprint density at radius 1 is 1.56 bits per heavy atom. The quantitative estimate of drug-likeness (QED) is 0.575. The van der Waals surface area contributed by atoms with E-state index in [0.29, 0.717) is 0 Å². The monoisotopic (exact) mass is 125 g/mol. The number of hydrogen-bond acceptors (Lipinski definition) is 1. The average molecular weight is 125 g/mol. The van der Waals surface area contributed by atoms with E-state index < -0.39 is 0 Å². The first-order valence-electron chi connectivity index (χ1n) is 3.36. The second-order valence-electron chi connectivity index (χ2n) is 2.10. The van der Waals surface area contributed by atoms with E-state index in [0.717, 1.165) is 12.0 Å². The zero-order valence-electron chi connectivity index (χ0n) is 6.22. The van der Waals surface area contributed by atoms with Crippen molar-refractivity contribution in [2.45, 2.75) is 26.7 Å². The number of unbranched alkanes of at least 4 members (excludes halogenated alkanes) is 1. The highest BCUT2D eigenvalue weighted by atomic mass is 14.5. The minimum atomic E-state index is 1.13. The highest BCUT2D eigenvalue weighted by molar-refractivity contribution is 5.13. The van der Waals surface area contributed by atoms with Crippen LogP contribution in [-0.2, 0) is 0 Å². The van der Waals surface area contributed by atoms with Gasteiger partial charge in [0.15, 0.2) is 0 Å². The van der Waals surface area contributed by atoms with Crippen LogP contribution < -0.4 is 5.73 Å². The lowest BCUT2D eigenvalue weighted by Gasteiger charge is -1.86. The molecule has 0 spiro atoms. The fourth-order valence-electron chi connectivity index (χ4n) is 0.491. The van der Waals surface area contributed by atoms with Crippen LogP contribution in [0.1, 0.15) is 26.7 Å². The van der Waals surface area contributed by atoms with Crippen molar-refractivity contribution in [2.24, 2.45) is 5.73 Å². The maximum atomic E-state index is 5.24. The van der Waals surface area contributed by atoms with Gasteiger partial charge in [-0.2, -0.15) is 0 Å². The van der Waals surface area contributed by atoms with Crippen LogP contribution in [0.25, 0.3) is 0 Å². The van der Waals surface area contributed by atoms with Crippen molar-refractivity contribution in [3.05, 3.63) is 23.9 Å². The molecule has 1 heteroatoms. The predicted molar refractivity (Wildman–Crippen MR) is 42.0 cm³/mol. The molecule has 9 heavy (non-hydrogen) atoms. The summed E-state index contributed by atoms with van der Waals surface area (Å²) in [6.45, 7) is 4.15. The molecule has 0 aliphatic heterocycles. The summed E-state index contributed by atoms with van der Waals surface area (Å²) in [5, 5.41) is 0. The molecule has 0 saturated heterocycles. The molecule has 0 heterocycles. The second-order valence-corrected chi connectivity index (χ2v) is 2.10. The zero-order valence-corrected chi connectivity index (χ0v) is 6.22. The lowest BCUT2D eigenvalue weighted by Crippen LogP contribution is -1.79. The maximum Gasteiger partial charge on any atom is -0.00327 e. The van der Waals surface area contributed by atoms with Crippen LogP contribution >= 0.6 is 0 Å². The van der Waals surface area contributed by atoms with Crippen molar-refractivity contribution in [1.29, 1.82) is 0 Å². The van der Waals surface area contributed by atoms with E-state index >= 15 is 0 Å². The lowest BCUT2D eigenvalue weighted by molar-refractivity contribution is 0.957. The summed E-state index contributed by atoms with van der Waals surface area (Å²) in [5.74, 6) is 0. The van der Waals surface area contributed by atoms with Gasteiger partial charge in [0, 0.05) is 0 Å². The highest BCUT2D eigenvalue weighted by Gasteiger charge is 1.75. The zero-order chi connectivity index (χ0) is 7.11. The summed E-state index contributed by atoms with van der Waals surface area (Å²) >= 11 is 0. The first-order valence-corrected chi connectivity index (χ1v) is 3.36. The van der Waals surface area contributed by atoms with Crippen molar-refractivity contribution in [1.82, 2.24) is 0 Å². The second kappa shape index (κ2) is 5.42. The standard InChI is InChI=1S/C8H15N/c1-3-4-5-6-8(2)7-9/h5-7H,3-4,9H2,1-2H3/b6-5+,8-7+. The Kier molecular flexibility index (Phi) is 4.98. The topological polar surface area (TPSA) is 26.0 Å². The average Bonchev–Trinajstić information content (AvgIpc) is 1.89. The molecule has 0 fully saturated rings. The lowest BCUT2D eigenvalue weighted by atomic mass is 10.2. The summed E-state index contributed by atoms with van der Waals surface area (Å²) < 4.78 is 0. The van der Waals surface area contributed by atoms with Crippen LogP contribution in [0.2, 0.25) is 0 Å². The summed E-state index contributed by atoms with van der Waals surface area (Å²) in [4.78, 5) is 0. The smallest absolute Gasteiger partial charge is 0.00327 e. The van der Waals surface area contributed by atoms with Gasteiger partial charge in [-0.3, -0.25) is 0 Å². The Morgan fingerprint density at radius 3 is 2.67 bits per heavy atom. The number of rotatable bonds is 3. The molecule has 0 rings (SSSR count). The predicted octanol–water partition coefficient (Wildman–Crippen LogP) is 2.21. The number of allylic oxidation sites excluding steroid dienone is 3. The summed E-state index contributed by atoms with van der Waals surface area (Å²) in [6.07, 6.45) is 8.15. The van der Waals surface area contributed by atoms with E-state index in [1.807, 2.05) is 13.0 Å². The third-order valence-electron chi connectivity index (χ3n) is 1.10. The van der Waals surface area contributed by atoms with Crippen molar-refractivity contribution in [3.63, 3.8) is 0 Å². The van der Waals surface area contributed by atoms with E-state index in [-0.39, 0.29) is 0 Å². The first kappa shape index (κ1) is 8.28. The largest absolute Gasteiger partial charge is 0.404 e.